The Morgan fingerprint density at radius 3 is 1.19 bits per heavy atom. The van der Waals surface area contributed by atoms with Gasteiger partial charge >= 0.3 is 0 Å². The summed E-state index contributed by atoms with van der Waals surface area (Å²) in [5.41, 5.74) is 0. The van der Waals surface area contributed by atoms with Gasteiger partial charge in [0.2, 0.25) is 0 Å². The molecule has 0 unspecified atom stereocenters. The second-order valence-corrected chi connectivity index (χ2v) is 8.44. The molecule has 27 heavy (non-hydrogen) atoms. The lowest BCUT2D eigenvalue weighted by Crippen LogP contribution is -2.33. The van der Waals surface area contributed by atoms with Crippen molar-refractivity contribution in [2.75, 3.05) is 19.6 Å². The average molecular weight is 386 g/mol. The fourth-order valence-corrected chi connectivity index (χ4v) is 3.79. The number of aliphatic hydroxyl groups is 2. The fourth-order valence-electron chi connectivity index (χ4n) is 3.79. The summed E-state index contributed by atoms with van der Waals surface area (Å²) >= 11 is 0. The molecule has 0 saturated heterocycles. The molecule has 0 atom stereocenters. The van der Waals surface area contributed by atoms with E-state index in [1.54, 1.807) is 0 Å². The van der Waals surface area contributed by atoms with E-state index in [4.69, 9.17) is 0 Å². The quantitative estimate of drug-likeness (QED) is 0.162. The highest BCUT2D eigenvalue weighted by atomic mass is 16.5. The van der Waals surface area contributed by atoms with Crippen molar-refractivity contribution in [1.82, 2.24) is 4.90 Å². The molecule has 0 bridgehead atoms. The molecular formula is C24H51NO2. The molecule has 3 nitrogen and oxygen atoms in total. The maximum atomic E-state index is 9.17. The van der Waals surface area contributed by atoms with Crippen molar-refractivity contribution >= 4 is 0 Å². The van der Waals surface area contributed by atoms with Crippen molar-refractivity contribution in [3.8, 4) is 0 Å². The molecule has 0 aromatic heterocycles. The average Bonchev–Trinajstić information content (AvgIpc) is 2.65. The number of rotatable bonds is 22. The number of unbranched alkanes of at least 4 members (excludes halogenated alkanes) is 16. The second-order valence-electron chi connectivity index (χ2n) is 8.44. The molecular weight excluding hydrogens is 334 g/mol. The molecule has 0 amide bonds. The summed E-state index contributed by atoms with van der Waals surface area (Å²) in [4.78, 5) is 2.21. The minimum atomic E-state index is -1.19. The van der Waals surface area contributed by atoms with E-state index in [2.05, 4.69) is 18.7 Å². The van der Waals surface area contributed by atoms with Crippen molar-refractivity contribution in [3.63, 3.8) is 0 Å². The van der Waals surface area contributed by atoms with Crippen LogP contribution in [0.25, 0.3) is 0 Å². The summed E-state index contributed by atoms with van der Waals surface area (Å²) < 4.78 is 0. The molecule has 0 saturated carbocycles. The first-order valence-electron chi connectivity index (χ1n) is 12.3. The standard InChI is InChI=1S/C24H51NO2/c1-3-5-7-8-9-10-11-12-13-14-15-16-17-18-19-20-22-25(21-6-4-2)23-24(26)27/h24,26-27H,3-23H2,1-2H3. The van der Waals surface area contributed by atoms with Gasteiger partial charge in [0.1, 0.15) is 0 Å². The monoisotopic (exact) mass is 385 g/mol. The zero-order valence-corrected chi connectivity index (χ0v) is 18.8. The lowest BCUT2D eigenvalue weighted by molar-refractivity contribution is -0.0615. The third-order valence-electron chi connectivity index (χ3n) is 5.58. The van der Waals surface area contributed by atoms with Gasteiger partial charge in [-0.1, -0.05) is 117 Å². The summed E-state index contributed by atoms with van der Waals surface area (Å²) in [6, 6.07) is 0. The van der Waals surface area contributed by atoms with E-state index in [0.29, 0.717) is 6.54 Å². The van der Waals surface area contributed by atoms with Crippen LogP contribution in [0.1, 0.15) is 129 Å². The van der Waals surface area contributed by atoms with Gasteiger partial charge in [-0.05, 0) is 25.9 Å². The molecule has 0 heterocycles. The first kappa shape index (κ1) is 26.9. The summed E-state index contributed by atoms with van der Waals surface area (Å²) in [6.45, 7) is 6.87. The molecule has 0 fully saturated rings. The highest BCUT2D eigenvalue weighted by Crippen LogP contribution is 2.14. The normalized spacial score (nSPS) is 11.8. The SMILES string of the molecule is CCCCCCCCCCCCCCCCCCN(CCCC)CC(O)O. The number of hydrogen-bond donors (Lipinski definition) is 2. The topological polar surface area (TPSA) is 43.7 Å². The van der Waals surface area contributed by atoms with Crippen LogP contribution in [0, 0.1) is 0 Å². The van der Waals surface area contributed by atoms with Gasteiger partial charge in [0, 0.05) is 6.54 Å². The maximum Gasteiger partial charge on any atom is 0.164 e. The Balaban J connectivity index is 3.27. The zero-order chi connectivity index (χ0) is 20.0. The van der Waals surface area contributed by atoms with Crippen molar-refractivity contribution in [2.45, 2.75) is 136 Å². The largest absolute Gasteiger partial charge is 0.367 e. The van der Waals surface area contributed by atoms with Gasteiger partial charge in [-0.3, -0.25) is 4.90 Å². The van der Waals surface area contributed by atoms with Crippen molar-refractivity contribution in [1.29, 1.82) is 0 Å². The highest BCUT2D eigenvalue weighted by Gasteiger charge is 2.08. The summed E-state index contributed by atoms with van der Waals surface area (Å²) in [7, 11) is 0. The highest BCUT2D eigenvalue weighted by molar-refractivity contribution is 4.59. The third-order valence-corrected chi connectivity index (χ3v) is 5.58. The molecule has 0 aliphatic heterocycles. The van der Waals surface area contributed by atoms with Gasteiger partial charge in [0.05, 0.1) is 0 Å². The van der Waals surface area contributed by atoms with Crippen molar-refractivity contribution < 1.29 is 10.2 Å². The molecule has 3 heteroatoms. The van der Waals surface area contributed by atoms with Crippen LogP contribution in [0.5, 0.6) is 0 Å². The molecule has 0 spiro atoms. The maximum absolute atomic E-state index is 9.17. The van der Waals surface area contributed by atoms with Crippen molar-refractivity contribution in [3.05, 3.63) is 0 Å². The third kappa shape index (κ3) is 22.0. The number of nitrogens with zero attached hydrogens (tertiary/aromatic N) is 1. The van der Waals surface area contributed by atoms with E-state index in [9.17, 15) is 10.2 Å². The van der Waals surface area contributed by atoms with Crippen LogP contribution in [-0.2, 0) is 0 Å². The zero-order valence-electron chi connectivity index (χ0n) is 18.8. The first-order chi connectivity index (χ1) is 13.2. The molecule has 0 rings (SSSR count). The minimum absolute atomic E-state index is 0.402. The van der Waals surface area contributed by atoms with Gasteiger partial charge in [0.25, 0.3) is 0 Å². The molecule has 0 aliphatic carbocycles. The molecule has 0 aliphatic rings. The Bertz CT molecular complexity index is 271. The summed E-state index contributed by atoms with van der Waals surface area (Å²) in [5, 5.41) is 18.3. The Labute approximate surface area is 170 Å². The lowest BCUT2D eigenvalue weighted by Gasteiger charge is -2.22. The fraction of sp³-hybridized carbons (Fsp3) is 1.00. The van der Waals surface area contributed by atoms with Crippen LogP contribution >= 0.6 is 0 Å². The van der Waals surface area contributed by atoms with E-state index in [0.717, 1.165) is 25.9 Å². The first-order valence-corrected chi connectivity index (χ1v) is 12.3. The van der Waals surface area contributed by atoms with Crippen molar-refractivity contribution in [2.24, 2.45) is 0 Å². The van der Waals surface area contributed by atoms with Gasteiger partial charge in [-0.15, -0.1) is 0 Å². The van der Waals surface area contributed by atoms with E-state index < -0.39 is 6.29 Å². The molecule has 0 aromatic rings. The van der Waals surface area contributed by atoms with E-state index >= 15 is 0 Å². The molecule has 0 aromatic carbocycles. The van der Waals surface area contributed by atoms with Crippen LogP contribution in [0.15, 0.2) is 0 Å². The summed E-state index contributed by atoms with van der Waals surface area (Å²) in [6.07, 6.45) is 23.4. The molecule has 164 valence electrons. The predicted molar refractivity (Wildman–Crippen MR) is 119 cm³/mol. The molecule has 0 radical (unpaired) electrons. The van der Waals surface area contributed by atoms with Gasteiger partial charge in [-0.2, -0.15) is 0 Å². The Morgan fingerprint density at radius 2 is 0.815 bits per heavy atom. The Kier molecular flexibility index (Phi) is 22.1. The smallest absolute Gasteiger partial charge is 0.164 e. The van der Waals surface area contributed by atoms with Crippen LogP contribution in [0.2, 0.25) is 0 Å². The number of aliphatic hydroxyl groups excluding tert-OH is 1. The van der Waals surface area contributed by atoms with Crippen LogP contribution in [0.4, 0.5) is 0 Å². The minimum Gasteiger partial charge on any atom is -0.367 e. The Hall–Kier alpha value is -0.120. The summed E-state index contributed by atoms with van der Waals surface area (Å²) in [5.74, 6) is 0. The van der Waals surface area contributed by atoms with Crippen LogP contribution < -0.4 is 0 Å². The van der Waals surface area contributed by atoms with E-state index in [1.807, 2.05) is 0 Å². The Morgan fingerprint density at radius 1 is 0.481 bits per heavy atom. The lowest BCUT2D eigenvalue weighted by atomic mass is 10.0. The number of hydrogen-bond acceptors (Lipinski definition) is 3. The van der Waals surface area contributed by atoms with Gasteiger partial charge in [-0.25, -0.2) is 0 Å². The second kappa shape index (κ2) is 22.2. The van der Waals surface area contributed by atoms with Gasteiger partial charge in [0.15, 0.2) is 6.29 Å². The van der Waals surface area contributed by atoms with Crippen LogP contribution in [-0.4, -0.2) is 41.0 Å². The van der Waals surface area contributed by atoms with Gasteiger partial charge < -0.3 is 10.2 Å². The predicted octanol–water partition coefficient (Wildman–Crippen LogP) is 6.66. The van der Waals surface area contributed by atoms with E-state index in [-0.39, 0.29) is 0 Å². The van der Waals surface area contributed by atoms with E-state index in [1.165, 1.54) is 103 Å². The molecule has 2 N–H and O–H groups in total. The van der Waals surface area contributed by atoms with Crippen LogP contribution in [0.3, 0.4) is 0 Å².